The molecule has 1 heterocycles. The second-order valence-electron chi connectivity index (χ2n) is 6.54. The Kier molecular flexibility index (Phi) is 6.82. The monoisotopic (exact) mass is 375 g/mol. The third kappa shape index (κ3) is 4.78. The Hall–Kier alpha value is -3.11. The van der Waals surface area contributed by atoms with Crippen LogP contribution in [-0.2, 0) is 0 Å². The molecule has 0 amide bonds. The highest BCUT2D eigenvalue weighted by molar-refractivity contribution is 5.82. The largest absolute Gasteiger partial charge is 0.493 e. The van der Waals surface area contributed by atoms with E-state index in [-0.39, 0.29) is 5.43 Å². The van der Waals surface area contributed by atoms with Gasteiger partial charge in [0.2, 0.25) is 0 Å². The highest BCUT2D eigenvalue weighted by Crippen LogP contribution is 2.23. The summed E-state index contributed by atoms with van der Waals surface area (Å²) in [5.41, 5.74) is 1.90. The Bertz CT molecular complexity index is 982. The summed E-state index contributed by atoms with van der Waals surface area (Å²) in [5.74, 6) is 0.696. The SMILES string of the molecule is C=CCN(CC=C)CCCOc1ccc2c(=O)c(-c3ccccc3)coc2c1. The lowest BCUT2D eigenvalue weighted by Gasteiger charge is -2.18. The van der Waals surface area contributed by atoms with Crippen LogP contribution in [-0.4, -0.2) is 31.1 Å². The molecule has 4 heteroatoms. The molecule has 0 aliphatic carbocycles. The van der Waals surface area contributed by atoms with Gasteiger partial charge in [0.25, 0.3) is 0 Å². The number of rotatable bonds is 10. The minimum atomic E-state index is -0.0384. The quantitative estimate of drug-likeness (QED) is 0.373. The van der Waals surface area contributed by atoms with Gasteiger partial charge in [-0.15, -0.1) is 13.2 Å². The molecule has 0 aliphatic rings. The number of ether oxygens (including phenoxy) is 1. The van der Waals surface area contributed by atoms with E-state index in [0.717, 1.165) is 31.6 Å². The molecule has 144 valence electrons. The van der Waals surface area contributed by atoms with E-state index in [1.165, 1.54) is 6.26 Å². The summed E-state index contributed by atoms with van der Waals surface area (Å²) in [4.78, 5) is 15.0. The third-order valence-electron chi connectivity index (χ3n) is 4.49. The van der Waals surface area contributed by atoms with Crippen molar-refractivity contribution in [2.24, 2.45) is 0 Å². The van der Waals surface area contributed by atoms with E-state index in [2.05, 4.69) is 18.1 Å². The van der Waals surface area contributed by atoms with E-state index in [1.54, 1.807) is 12.1 Å². The molecule has 1 aromatic heterocycles. The van der Waals surface area contributed by atoms with Crippen molar-refractivity contribution in [2.75, 3.05) is 26.2 Å². The molecule has 0 atom stereocenters. The molecule has 3 aromatic rings. The van der Waals surface area contributed by atoms with Gasteiger partial charge in [0.05, 0.1) is 17.6 Å². The third-order valence-corrected chi connectivity index (χ3v) is 4.49. The van der Waals surface area contributed by atoms with Crippen LogP contribution >= 0.6 is 0 Å². The van der Waals surface area contributed by atoms with Gasteiger partial charge in [0.15, 0.2) is 5.43 Å². The molecule has 0 radical (unpaired) electrons. The lowest BCUT2D eigenvalue weighted by atomic mass is 10.1. The first kappa shape index (κ1) is 19.6. The second-order valence-corrected chi connectivity index (χ2v) is 6.54. The summed E-state index contributed by atoms with van der Waals surface area (Å²) in [5, 5.41) is 0.553. The standard InChI is InChI=1S/C24H25NO3/c1-3-13-25(14-4-2)15-8-16-27-20-11-12-21-23(17-20)28-18-22(24(21)26)19-9-6-5-7-10-19/h3-7,9-12,17-18H,1-2,8,13-16H2. The number of hydrogen-bond donors (Lipinski definition) is 0. The fourth-order valence-corrected chi connectivity index (χ4v) is 3.12. The molecule has 0 bridgehead atoms. The van der Waals surface area contributed by atoms with Crippen LogP contribution in [0.5, 0.6) is 5.75 Å². The zero-order valence-corrected chi connectivity index (χ0v) is 16.0. The Morgan fingerprint density at radius 2 is 1.79 bits per heavy atom. The molecule has 0 saturated carbocycles. The summed E-state index contributed by atoms with van der Waals surface area (Å²) in [6.45, 7) is 10.7. The van der Waals surface area contributed by atoms with E-state index >= 15 is 0 Å². The second kappa shape index (κ2) is 9.72. The normalized spacial score (nSPS) is 10.9. The van der Waals surface area contributed by atoms with Crippen LogP contribution in [0.25, 0.3) is 22.1 Å². The van der Waals surface area contributed by atoms with Gasteiger partial charge in [0.1, 0.15) is 17.6 Å². The topological polar surface area (TPSA) is 42.7 Å². The fourth-order valence-electron chi connectivity index (χ4n) is 3.12. The molecule has 0 spiro atoms. The van der Waals surface area contributed by atoms with Crippen LogP contribution in [0.2, 0.25) is 0 Å². The van der Waals surface area contributed by atoms with Gasteiger partial charge >= 0.3 is 0 Å². The summed E-state index contributed by atoms with van der Waals surface area (Å²) in [6.07, 6.45) is 6.18. The van der Waals surface area contributed by atoms with E-state index < -0.39 is 0 Å². The van der Waals surface area contributed by atoms with Crippen molar-refractivity contribution in [3.63, 3.8) is 0 Å². The average Bonchev–Trinajstić information content (AvgIpc) is 2.72. The minimum Gasteiger partial charge on any atom is -0.493 e. The lowest BCUT2D eigenvalue weighted by molar-refractivity contribution is 0.262. The zero-order chi connectivity index (χ0) is 19.8. The molecule has 0 saturated heterocycles. The van der Waals surface area contributed by atoms with E-state index in [0.29, 0.717) is 28.9 Å². The van der Waals surface area contributed by atoms with E-state index in [1.807, 2.05) is 48.6 Å². The van der Waals surface area contributed by atoms with Crippen LogP contribution in [0.15, 0.2) is 89.3 Å². The van der Waals surface area contributed by atoms with Gasteiger partial charge in [-0.05, 0) is 24.1 Å². The molecule has 2 aromatic carbocycles. The van der Waals surface area contributed by atoms with Crippen molar-refractivity contribution < 1.29 is 9.15 Å². The average molecular weight is 375 g/mol. The number of benzene rings is 2. The summed E-state index contributed by atoms with van der Waals surface area (Å²) in [7, 11) is 0. The maximum absolute atomic E-state index is 12.8. The maximum Gasteiger partial charge on any atom is 0.200 e. The predicted octanol–water partition coefficient (Wildman–Crippen LogP) is 4.90. The van der Waals surface area contributed by atoms with Gasteiger partial charge in [-0.3, -0.25) is 9.69 Å². The number of fused-ring (bicyclic) bond motifs is 1. The summed E-state index contributed by atoms with van der Waals surface area (Å²) in [6, 6.07) is 14.9. The molecule has 0 N–H and O–H groups in total. The fraction of sp³-hybridized carbons (Fsp3) is 0.208. The van der Waals surface area contributed by atoms with Gasteiger partial charge in [0, 0.05) is 25.7 Å². The number of hydrogen-bond acceptors (Lipinski definition) is 4. The van der Waals surface area contributed by atoms with Crippen LogP contribution in [0.1, 0.15) is 6.42 Å². The molecule has 0 unspecified atom stereocenters. The van der Waals surface area contributed by atoms with Crippen LogP contribution in [0, 0.1) is 0 Å². The summed E-state index contributed by atoms with van der Waals surface area (Å²) >= 11 is 0. The molecular weight excluding hydrogens is 350 g/mol. The van der Waals surface area contributed by atoms with Crippen molar-refractivity contribution >= 4 is 11.0 Å². The molecule has 3 rings (SSSR count). The first-order valence-electron chi connectivity index (χ1n) is 9.41. The summed E-state index contributed by atoms with van der Waals surface area (Å²) < 4.78 is 11.6. The number of nitrogens with zero attached hydrogens (tertiary/aromatic N) is 1. The molecule has 4 nitrogen and oxygen atoms in total. The van der Waals surface area contributed by atoms with Gasteiger partial charge < -0.3 is 9.15 Å². The van der Waals surface area contributed by atoms with Crippen LogP contribution in [0.3, 0.4) is 0 Å². The smallest absolute Gasteiger partial charge is 0.200 e. The Balaban J connectivity index is 1.67. The lowest BCUT2D eigenvalue weighted by Crippen LogP contribution is -2.26. The molecule has 0 aliphatic heterocycles. The highest BCUT2D eigenvalue weighted by atomic mass is 16.5. The van der Waals surface area contributed by atoms with Crippen LogP contribution < -0.4 is 10.2 Å². The predicted molar refractivity (Wildman–Crippen MR) is 115 cm³/mol. The molecular formula is C24H25NO3. The van der Waals surface area contributed by atoms with Crippen molar-refractivity contribution in [3.8, 4) is 16.9 Å². The first-order valence-corrected chi connectivity index (χ1v) is 9.41. The zero-order valence-electron chi connectivity index (χ0n) is 16.0. The van der Waals surface area contributed by atoms with Crippen molar-refractivity contribution in [2.45, 2.75) is 6.42 Å². The molecule has 28 heavy (non-hydrogen) atoms. The minimum absolute atomic E-state index is 0.0384. The van der Waals surface area contributed by atoms with Gasteiger partial charge in [-0.2, -0.15) is 0 Å². The van der Waals surface area contributed by atoms with Gasteiger partial charge in [-0.25, -0.2) is 0 Å². The Labute approximate surface area is 165 Å². The first-order chi connectivity index (χ1) is 13.7. The highest BCUT2D eigenvalue weighted by Gasteiger charge is 2.10. The Morgan fingerprint density at radius 3 is 2.50 bits per heavy atom. The van der Waals surface area contributed by atoms with E-state index in [4.69, 9.17) is 9.15 Å². The Morgan fingerprint density at radius 1 is 1.04 bits per heavy atom. The van der Waals surface area contributed by atoms with Crippen molar-refractivity contribution in [3.05, 3.63) is 90.3 Å². The van der Waals surface area contributed by atoms with Crippen molar-refractivity contribution in [1.29, 1.82) is 0 Å². The van der Waals surface area contributed by atoms with E-state index in [9.17, 15) is 4.79 Å². The van der Waals surface area contributed by atoms with Gasteiger partial charge in [-0.1, -0.05) is 42.5 Å². The van der Waals surface area contributed by atoms with Crippen molar-refractivity contribution in [1.82, 2.24) is 4.90 Å². The van der Waals surface area contributed by atoms with Crippen LogP contribution in [0.4, 0.5) is 0 Å². The maximum atomic E-state index is 12.8. The molecule has 0 fully saturated rings.